The SMILES string of the molecule is COc1cc(/C=C2/SC(=O)N(CC(=O)Nc3ccccc3Cl)C2=O)cc(Br)c1OCc1ccc2ccccc2c1. The van der Waals surface area contributed by atoms with Crippen molar-refractivity contribution in [1.29, 1.82) is 0 Å². The van der Waals surface area contributed by atoms with E-state index in [0.29, 0.717) is 38.9 Å². The maximum absolute atomic E-state index is 13.0. The van der Waals surface area contributed by atoms with Gasteiger partial charge in [0.05, 0.1) is 27.2 Å². The van der Waals surface area contributed by atoms with Crippen molar-refractivity contribution in [2.45, 2.75) is 6.61 Å². The Labute approximate surface area is 248 Å². The lowest BCUT2D eigenvalue weighted by molar-refractivity contribution is -0.127. The molecule has 0 saturated carbocycles. The molecule has 1 N–H and O–H groups in total. The van der Waals surface area contributed by atoms with Crippen LogP contribution in [0.3, 0.4) is 0 Å². The molecule has 4 aromatic carbocycles. The molecule has 1 aliphatic heterocycles. The lowest BCUT2D eigenvalue weighted by Crippen LogP contribution is -2.36. The van der Waals surface area contributed by atoms with E-state index in [1.807, 2.05) is 18.2 Å². The van der Waals surface area contributed by atoms with Gasteiger partial charge in [-0.15, -0.1) is 0 Å². The van der Waals surface area contributed by atoms with Crippen molar-refractivity contribution in [3.05, 3.63) is 104 Å². The van der Waals surface area contributed by atoms with Gasteiger partial charge in [0.15, 0.2) is 11.5 Å². The Hall–Kier alpha value is -3.79. The van der Waals surface area contributed by atoms with E-state index in [1.165, 1.54) is 7.11 Å². The van der Waals surface area contributed by atoms with Crippen molar-refractivity contribution in [2.24, 2.45) is 0 Å². The first-order valence-corrected chi connectivity index (χ1v) is 14.1. The summed E-state index contributed by atoms with van der Waals surface area (Å²) in [4.78, 5) is 39.1. The average Bonchev–Trinajstić information content (AvgIpc) is 3.20. The number of ether oxygens (including phenoxy) is 2. The molecular formula is C30H22BrClN2O5S. The summed E-state index contributed by atoms with van der Waals surface area (Å²) in [7, 11) is 1.53. The summed E-state index contributed by atoms with van der Waals surface area (Å²) in [6.45, 7) is -0.101. The number of anilines is 1. The lowest BCUT2D eigenvalue weighted by atomic mass is 10.1. The van der Waals surface area contributed by atoms with Crippen LogP contribution in [0.4, 0.5) is 10.5 Å². The third kappa shape index (κ3) is 6.17. The fourth-order valence-electron chi connectivity index (χ4n) is 4.13. The molecule has 10 heteroatoms. The number of carbonyl (C=O) groups excluding carboxylic acids is 3. The minimum Gasteiger partial charge on any atom is -0.493 e. The van der Waals surface area contributed by atoms with Crippen LogP contribution in [0.5, 0.6) is 11.5 Å². The molecule has 0 spiro atoms. The monoisotopic (exact) mass is 636 g/mol. The fourth-order valence-corrected chi connectivity index (χ4v) is 5.73. The van der Waals surface area contributed by atoms with Gasteiger partial charge in [0.2, 0.25) is 5.91 Å². The van der Waals surface area contributed by atoms with Crippen molar-refractivity contribution >= 4 is 78.9 Å². The highest BCUT2D eigenvalue weighted by molar-refractivity contribution is 9.10. The van der Waals surface area contributed by atoms with Crippen LogP contribution in [0.15, 0.2) is 88.2 Å². The second kappa shape index (κ2) is 12.2. The number of para-hydroxylation sites is 1. The molecule has 5 rings (SSSR count). The zero-order valence-corrected chi connectivity index (χ0v) is 24.3. The maximum Gasteiger partial charge on any atom is 0.294 e. The summed E-state index contributed by atoms with van der Waals surface area (Å²) in [5, 5.41) is 4.72. The van der Waals surface area contributed by atoms with E-state index in [1.54, 1.807) is 42.5 Å². The molecule has 7 nitrogen and oxygen atoms in total. The van der Waals surface area contributed by atoms with Gasteiger partial charge in [-0.25, -0.2) is 0 Å². The standard InChI is InChI=1S/C30H22BrClN2O5S/c1-38-25-14-19(13-22(31)28(25)39-17-18-10-11-20-6-2-3-7-21(20)12-18)15-26-29(36)34(30(37)40-26)16-27(35)33-24-9-5-4-8-23(24)32/h2-15H,16-17H2,1H3,(H,33,35)/b26-15+. The first kappa shape index (κ1) is 27.8. The second-order valence-corrected chi connectivity index (χ2v) is 11.1. The van der Waals surface area contributed by atoms with E-state index in [9.17, 15) is 14.4 Å². The van der Waals surface area contributed by atoms with Gasteiger partial charge < -0.3 is 14.8 Å². The highest BCUT2D eigenvalue weighted by Gasteiger charge is 2.36. The zero-order valence-electron chi connectivity index (χ0n) is 21.1. The molecule has 1 aliphatic rings. The number of halogens is 2. The summed E-state index contributed by atoms with van der Waals surface area (Å²) in [5.74, 6) is -0.123. The Morgan fingerprint density at radius 1 is 1.02 bits per heavy atom. The third-order valence-electron chi connectivity index (χ3n) is 6.07. The van der Waals surface area contributed by atoms with Crippen LogP contribution in [0.25, 0.3) is 16.8 Å². The Morgan fingerprint density at radius 2 is 1.77 bits per heavy atom. The van der Waals surface area contributed by atoms with E-state index in [0.717, 1.165) is 33.0 Å². The Bertz CT molecular complexity index is 1680. The van der Waals surface area contributed by atoms with Crippen LogP contribution >= 0.6 is 39.3 Å². The number of benzene rings is 4. The van der Waals surface area contributed by atoms with Crippen LogP contribution in [-0.2, 0) is 16.2 Å². The van der Waals surface area contributed by atoms with E-state index in [2.05, 4.69) is 45.5 Å². The van der Waals surface area contributed by atoms with Crippen molar-refractivity contribution < 1.29 is 23.9 Å². The molecule has 202 valence electrons. The number of hydrogen-bond acceptors (Lipinski definition) is 6. The van der Waals surface area contributed by atoms with Gasteiger partial charge in [-0.1, -0.05) is 60.1 Å². The third-order valence-corrected chi connectivity index (χ3v) is 7.90. The predicted molar refractivity (Wildman–Crippen MR) is 162 cm³/mol. The molecule has 1 fully saturated rings. The van der Waals surface area contributed by atoms with E-state index in [4.69, 9.17) is 21.1 Å². The van der Waals surface area contributed by atoms with Crippen molar-refractivity contribution in [3.63, 3.8) is 0 Å². The van der Waals surface area contributed by atoms with E-state index < -0.39 is 23.6 Å². The number of rotatable bonds is 8. The van der Waals surface area contributed by atoms with Crippen molar-refractivity contribution in [1.82, 2.24) is 4.90 Å². The molecule has 3 amide bonds. The lowest BCUT2D eigenvalue weighted by Gasteiger charge is -2.14. The number of nitrogens with one attached hydrogen (secondary N) is 1. The van der Waals surface area contributed by atoms with Gasteiger partial charge in [-0.3, -0.25) is 19.3 Å². The summed E-state index contributed by atoms with van der Waals surface area (Å²) in [5.41, 5.74) is 2.02. The molecule has 1 saturated heterocycles. The van der Waals surface area contributed by atoms with Gasteiger partial charge in [-0.05, 0) is 86.0 Å². The second-order valence-electron chi connectivity index (χ2n) is 8.80. The van der Waals surface area contributed by atoms with Crippen LogP contribution in [-0.4, -0.2) is 35.6 Å². The number of amides is 3. The smallest absolute Gasteiger partial charge is 0.294 e. The fraction of sp³-hybridized carbons (Fsp3) is 0.100. The summed E-state index contributed by atoms with van der Waals surface area (Å²) in [6, 6.07) is 24.5. The molecule has 0 unspecified atom stereocenters. The molecule has 0 atom stereocenters. The number of hydrogen-bond donors (Lipinski definition) is 1. The van der Waals surface area contributed by atoms with Gasteiger partial charge >= 0.3 is 0 Å². The largest absolute Gasteiger partial charge is 0.493 e. The summed E-state index contributed by atoms with van der Waals surface area (Å²) in [6.07, 6.45) is 1.58. The van der Waals surface area contributed by atoms with Gasteiger partial charge in [-0.2, -0.15) is 0 Å². The summed E-state index contributed by atoms with van der Waals surface area (Å²) < 4.78 is 12.3. The number of carbonyl (C=O) groups is 3. The van der Waals surface area contributed by atoms with Gasteiger partial charge in [0.25, 0.3) is 11.1 Å². The normalized spacial score (nSPS) is 14.2. The molecule has 0 aromatic heterocycles. The predicted octanol–water partition coefficient (Wildman–Crippen LogP) is 7.52. The number of methoxy groups -OCH3 is 1. The van der Waals surface area contributed by atoms with Gasteiger partial charge in [0.1, 0.15) is 13.2 Å². The Morgan fingerprint density at radius 3 is 2.55 bits per heavy atom. The van der Waals surface area contributed by atoms with Crippen molar-refractivity contribution in [3.8, 4) is 11.5 Å². The van der Waals surface area contributed by atoms with Crippen LogP contribution in [0, 0.1) is 0 Å². The van der Waals surface area contributed by atoms with E-state index >= 15 is 0 Å². The molecule has 0 aliphatic carbocycles. The first-order chi connectivity index (χ1) is 19.3. The minimum atomic E-state index is -0.559. The van der Waals surface area contributed by atoms with Crippen LogP contribution < -0.4 is 14.8 Å². The average molecular weight is 638 g/mol. The minimum absolute atomic E-state index is 0.189. The molecule has 4 aromatic rings. The highest BCUT2D eigenvalue weighted by Crippen LogP contribution is 2.39. The first-order valence-electron chi connectivity index (χ1n) is 12.1. The van der Waals surface area contributed by atoms with Crippen molar-refractivity contribution in [2.75, 3.05) is 19.0 Å². The topological polar surface area (TPSA) is 84.9 Å². The Kier molecular flexibility index (Phi) is 8.44. The van der Waals surface area contributed by atoms with E-state index in [-0.39, 0.29) is 4.91 Å². The number of nitrogens with zero attached hydrogens (tertiary/aromatic N) is 1. The Balaban J connectivity index is 1.29. The maximum atomic E-state index is 13.0. The molecule has 0 radical (unpaired) electrons. The van der Waals surface area contributed by atoms with Gasteiger partial charge in [0, 0.05) is 0 Å². The van der Waals surface area contributed by atoms with Crippen LogP contribution in [0.1, 0.15) is 11.1 Å². The molecule has 0 bridgehead atoms. The highest BCUT2D eigenvalue weighted by atomic mass is 79.9. The molecular weight excluding hydrogens is 616 g/mol. The number of fused-ring (bicyclic) bond motifs is 1. The zero-order chi connectivity index (χ0) is 28.2. The number of thioether (sulfide) groups is 1. The molecule has 1 heterocycles. The number of imide groups is 1. The molecule has 40 heavy (non-hydrogen) atoms. The quantitative estimate of drug-likeness (QED) is 0.201. The van der Waals surface area contributed by atoms with Crippen LogP contribution in [0.2, 0.25) is 5.02 Å². The summed E-state index contributed by atoms with van der Waals surface area (Å²) >= 11 is 10.4.